The van der Waals surface area contributed by atoms with Crippen LogP contribution in [0.1, 0.15) is 23.6 Å². The van der Waals surface area contributed by atoms with E-state index < -0.39 is 0 Å². The van der Waals surface area contributed by atoms with Crippen LogP contribution in [0, 0.1) is 6.92 Å². The lowest BCUT2D eigenvalue weighted by molar-refractivity contribution is 0.679. The van der Waals surface area contributed by atoms with E-state index in [1.165, 1.54) is 16.0 Å². The van der Waals surface area contributed by atoms with Crippen LogP contribution in [0.15, 0.2) is 23.1 Å². The van der Waals surface area contributed by atoms with E-state index >= 15 is 0 Å². The Morgan fingerprint density at radius 3 is 3.17 bits per heavy atom. The van der Waals surface area contributed by atoms with Crippen molar-refractivity contribution in [1.82, 2.24) is 0 Å². The van der Waals surface area contributed by atoms with E-state index in [1.807, 2.05) is 11.8 Å². The smallest absolute Gasteiger partial charge is 0.0314 e. The van der Waals surface area contributed by atoms with Crippen molar-refractivity contribution in [3.05, 3.63) is 29.3 Å². The second-order valence-electron chi connectivity index (χ2n) is 3.28. The first kappa shape index (κ1) is 8.14. The van der Waals surface area contributed by atoms with Crippen LogP contribution in [0.4, 0.5) is 0 Å². The fourth-order valence-electron chi connectivity index (χ4n) is 1.54. The van der Waals surface area contributed by atoms with Crippen molar-refractivity contribution in [2.75, 3.05) is 5.75 Å². The molecule has 1 atom stereocenters. The van der Waals surface area contributed by atoms with E-state index in [2.05, 4.69) is 25.1 Å². The predicted octanol–water partition coefficient (Wildman–Crippen LogP) is 2.49. The van der Waals surface area contributed by atoms with Gasteiger partial charge in [-0.25, -0.2) is 0 Å². The van der Waals surface area contributed by atoms with Gasteiger partial charge in [0.1, 0.15) is 0 Å². The molecule has 0 aliphatic carbocycles. The van der Waals surface area contributed by atoms with Gasteiger partial charge in [-0.15, -0.1) is 11.8 Å². The van der Waals surface area contributed by atoms with Crippen molar-refractivity contribution in [2.45, 2.75) is 24.3 Å². The molecule has 0 unspecified atom stereocenters. The molecule has 0 aromatic heterocycles. The third kappa shape index (κ3) is 1.37. The zero-order valence-corrected chi connectivity index (χ0v) is 8.03. The van der Waals surface area contributed by atoms with E-state index in [-0.39, 0.29) is 6.04 Å². The Balaban J connectivity index is 2.47. The molecule has 1 nitrogen and oxygen atoms in total. The summed E-state index contributed by atoms with van der Waals surface area (Å²) in [4.78, 5) is 1.37. The predicted molar refractivity (Wildman–Crippen MR) is 53.4 cm³/mol. The van der Waals surface area contributed by atoms with Crippen LogP contribution < -0.4 is 5.73 Å². The number of fused-ring (bicyclic) bond motifs is 1. The molecule has 0 bridgehead atoms. The van der Waals surface area contributed by atoms with Gasteiger partial charge in [0.2, 0.25) is 0 Å². The number of nitrogens with two attached hydrogens (primary N) is 1. The summed E-state index contributed by atoms with van der Waals surface area (Å²) in [5.74, 6) is 1.16. The fraction of sp³-hybridized carbons (Fsp3) is 0.400. The summed E-state index contributed by atoms with van der Waals surface area (Å²) in [5.41, 5.74) is 8.65. The summed E-state index contributed by atoms with van der Waals surface area (Å²) in [6.45, 7) is 2.12. The molecule has 12 heavy (non-hydrogen) atoms. The quantitative estimate of drug-likeness (QED) is 0.662. The van der Waals surface area contributed by atoms with Gasteiger partial charge in [-0.1, -0.05) is 17.7 Å². The fourth-order valence-corrected chi connectivity index (χ4v) is 2.67. The number of benzene rings is 1. The highest BCUT2D eigenvalue weighted by molar-refractivity contribution is 7.99. The molecule has 2 rings (SSSR count). The van der Waals surface area contributed by atoms with Crippen LogP contribution in [0.3, 0.4) is 0 Å². The van der Waals surface area contributed by atoms with Gasteiger partial charge >= 0.3 is 0 Å². The highest BCUT2D eigenvalue weighted by atomic mass is 32.2. The summed E-state index contributed by atoms with van der Waals surface area (Å²) in [6, 6.07) is 6.82. The molecule has 1 aromatic carbocycles. The van der Waals surface area contributed by atoms with Gasteiger partial charge in [0.15, 0.2) is 0 Å². The van der Waals surface area contributed by atoms with E-state index in [0.717, 1.165) is 12.2 Å². The van der Waals surface area contributed by atoms with Crippen LogP contribution in [-0.4, -0.2) is 5.75 Å². The van der Waals surface area contributed by atoms with Crippen molar-refractivity contribution in [1.29, 1.82) is 0 Å². The summed E-state index contributed by atoms with van der Waals surface area (Å²) >= 11 is 1.92. The monoisotopic (exact) mass is 179 g/mol. The molecule has 0 saturated carbocycles. The minimum Gasteiger partial charge on any atom is -0.324 e. The summed E-state index contributed by atoms with van der Waals surface area (Å²) in [5, 5.41) is 0. The largest absolute Gasteiger partial charge is 0.324 e. The average molecular weight is 179 g/mol. The minimum absolute atomic E-state index is 0.265. The molecule has 1 heterocycles. The highest BCUT2D eigenvalue weighted by Crippen LogP contribution is 2.34. The van der Waals surface area contributed by atoms with Crippen LogP contribution in [0.25, 0.3) is 0 Å². The molecule has 2 heteroatoms. The van der Waals surface area contributed by atoms with Crippen LogP contribution in [0.2, 0.25) is 0 Å². The molecular formula is C10H13NS. The lowest BCUT2D eigenvalue weighted by Crippen LogP contribution is -2.15. The molecule has 1 aromatic rings. The normalized spacial score (nSPS) is 22.0. The second-order valence-corrected chi connectivity index (χ2v) is 4.42. The van der Waals surface area contributed by atoms with Gasteiger partial charge in [-0.05, 0) is 30.7 Å². The summed E-state index contributed by atoms with van der Waals surface area (Å²) in [7, 11) is 0. The van der Waals surface area contributed by atoms with Gasteiger partial charge in [-0.2, -0.15) is 0 Å². The molecular weight excluding hydrogens is 166 g/mol. The van der Waals surface area contributed by atoms with Crippen molar-refractivity contribution in [3.63, 3.8) is 0 Å². The van der Waals surface area contributed by atoms with Crippen molar-refractivity contribution in [3.8, 4) is 0 Å². The molecule has 0 radical (unpaired) electrons. The van der Waals surface area contributed by atoms with Crippen LogP contribution in [-0.2, 0) is 0 Å². The van der Waals surface area contributed by atoms with Crippen LogP contribution >= 0.6 is 11.8 Å². The lowest BCUT2D eigenvalue weighted by atomic mass is 10.0. The van der Waals surface area contributed by atoms with Crippen molar-refractivity contribution >= 4 is 11.8 Å². The average Bonchev–Trinajstić information content (AvgIpc) is 2.07. The standard InChI is InChI=1S/C10H13NS/c1-7-2-3-10-8(6-7)9(11)4-5-12-10/h2-3,6,9H,4-5,11H2,1H3/t9-/m1/s1. The van der Waals surface area contributed by atoms with Gasteiger partial charge in [-0.3, -0.25) is 0 Å². The maximum Gasteiger partial charge on any atom is 0.0314 e. The first-order chi connectivity index (χ1) is 5.77. The second kappa shape index (κ2) is 3.11. The Bertz CT molecular complexity index is 296. The van der Waals surface area contributed by atoms with E-state index in [9.17, 15) is 0 Å². The number of aryl methyl sites for hydroxylation is 1. The van der Waals surface area contributed by atoms with E-state index in [1.54, 1.807) is 0 Å². The number of rotatable bonds is 0. The van der Waals surface area contributed by atoms with Crippen molar-refractivity contribution < 1.29 is 0 Å². The zero-order valence-electron chi connectivity index (χ0n) is 7.21. The third-order valence-corrected chi connectivity index (χ3v) is 3.37. The zero-order chi connectivity index (χ0) is 8.55. The van der Waals surface area contributed by atoms with Gasteiger partial charge in [0.05, 0.1) is 0 Å². The summed E-state index contributed by atoms with van der Waals surface area (Å²) in [6.07, 6.45) is 1.11. The van der Waals surface area contributed by atoms with Gasteiger partial charge < -0.3 is 5.73 Å². The minimum atomic E-state index is 0.265. The SMILES string of the molecule is Cc1ccc2c(c1)[C@H](N)CCS2. The number of thioether (sulfide) groups is 1. The Labute approximate surface area is 77.3 Å². The molecule has 0 saturated heterocycles. The molecule has 0 fully saturated rings. The third-order valence-electron chi connectivity index (χ3n) is 2.25. The molecule has 0 amide bonds. The molecule has 1 aliphatic rings. The van der Waals surface area contributed by atoms with Gasteiger partial charge in [0.25, 0.3) is 0 Å². The van der Waals surface area contributed by atoms with E-state index in [0.29, 0.717) is 0 Å². The lowest BCUT2D eigenvalue weighted by Gasteiger charge is -2.21. The summed E-state index contributed by atoms with van der Waals surface area (Å²) < 4.78 is 0. The van der Waals surface area contributed by atoms with Crippen LogP contribution in [0.5, 0.6) is 0 Å². The molecule has 2 N–H and O–H groups in total. The first-order valence-electron chi connectivity index (χ1n) is 4.26. The maximum atomic E-state index is 6.00. The molecule has 1 aliphatic heterocycles. The topological polar surface area (TPSA) is 26.0 Å². The Morgan fingerprint density at radius 2 is 2.33 bits per heavy atom. The maximum absolute atomic E-state index is 6.00. The Hall–Kier alpha value is -0.470. The Morgan fingerprint density at radius 1 is 1.50 bits per heavy atom. The van der Waals surface area contributed by atoms with Crippen molar-refractivity contribution in [2.24, 2.45) is 5.73 Å². The number of hydrogen-bond donors (Lipinski definition) is 1. The molecule has 0 spiro atoms. The Kier molecular flexibility index (Phi) is 2.11. The first-order valence-corrected chi connectivity index (χ1v) is 5.25. The highest BCUT2D eigenvalue weighted by Gasteiger charge is 2.16. The molecule has 64 valence electrons. The number of hydrogen-bond acceptors (Lipinski definition) is 2. The van der Waals surface area contributed by atoms with E-state index in [4.69, 9.17) is 5.73 Å². The van der Waals surface area contributed by atoms with Gasteiger partial charge in [0, 0.05) is 10.9 Å².